The minimum atomic E-state index is -3.91. The molecule has 0 N–H and O–H groups in total. The van der Waals surface area contributed by atoms with Gasteiger partial charge in [0.15, 0.2) is 0 Å². The summed E-state index contributed by atoms with van der Waals surface area (Å²) in [6.45, 7) is 5.64. The molecule has 0 saturated heterocycles. The minimum Gasteiger partial charge on any atom is -0.269 e. The van der Waals surface area contributed by atoms with Crippen LogP contribution in [0.3, 0.4) is 0 Å². The standard InChI is InChI=1S/C23H25NO3S2/c1-3-4-6-9-19-16-21(28-20-10-7-5-8-11-20)17-23(25)24(19)29(26,27)22-14-12-18(2)13-15-22/h3,5,7-8,10-15,17,19H,1,4,6,9,16H2,2H3. The van der Waals surface area contributed by atoms with Gasteiger partial charge in [-0.25, -0.2) is 12.7 Å². The van der Waals surface area contributed by atoms with Crippen LogP contribution in [0.4, 0.5) is 0 Å². The first-order valence-corrected chi connectivity index (χ1v) is 11.9. The number of hydrogen-bond acceptors (Lipinski definition) is 4. The highest BCUT2D eigenvalue weighted by Crippen LogP contribution is 2.37. The molecule has 6 heteroatoms. The number of rotatable bonds is 8. The first kappa shape index (κ1) is 21.4. The molecule has 1 unspecified atom stereocenters. The van der Waals surface area contributed by atoms with Crippen LogP contribution in [0.25, 0.3) is 0 Å². The quantitative estimate of drug-likeness (QED) is 0.423. The predicted molar refractivity (Wildman–Crippen MR) is 118 cm³/mol. The molecule has 1 aliphatic heterocycles. The summed E-state index contributed by atoms with van der Waals surface area (Å²) in [5, 5.41) is 0. The topological polar surface area (TPSA) is 54.5 Å². The van der Waals surface area contributed by atoms with Gasteiger partial charge in [0.05, 0.1) is 10.9 Å². The maximum Gasteiger partial charge on any atom is 0.267 e. The van der Waals surface area contributed by atoms with Crippen molar-refractivity contribution >= 4 is 27.7 Å². The lowest BCUT2D eigenvalue weighted by Crippen LogP contribution is -2.46. The molecular formula is C23H25NO3S2. The highest BCUT2D eigenvalue weighted by molar-refractivity contribution is 8.03. The molecule has 0 radical (unpaired) electrons. The van der Waals surface area contributed by atoms with Crippen LogP contribution in [0.2, 0.25) is 0 Å². The summed E-state index contributed by atoms with van der Waals surface area (Å²) in [6, 6.07) is 16.0. The summed E-state index contributed by atoms with van der Waals surface area (Å²) in [5.74, 6) is -0.473. The number of sulfonamides is 1. The Morgan fingerprint density at radius 2 is 1.83 bits per heavy atom. The lowest BCUT2D eigenvalue weighted by atomic mass is 10.0. The Hall–Kier alpha value is -2.31. The molecule has 1 atom stereocenters. The number of amides is 1. The number of allylic oxidation sites excluding steroid dienone is 1. The van der Waals surface area contributed by atoms with Crippen LogP contribution in [0.1, 0.15) is 31.2 Å². The van der Waals surface area contributed by atoms with E-state index in [9.17, 15) is 13.2 Å². The molecule has 4 nitrogen and oxygen atoms in total. The van der Waals surface area contributed by atoms with E-state index >= 15 is 0 Å². The van der Waals surface area contributed by atoms with Crippen LogP contribution in [0, 0.1) is 6.92 Å². The van der Waals surface area contributed by atoms with E-state index in [1.54, 1.807) is 24.3 Å². The number of benzene rings is 2. The Bertz CT molecular complexity index is 996. The lowest BCUT2D eigenvalue weighted by molar-refractivity contribution is -0.123. The fraction of sp³-hybridized carbons (Fsp3) is 0.261. The van der Waals surface area contributed by atoms with Gasteiger partial charge in [-0.1, -0.05) is 53.7 Å². The molecule has 1 heterocycles. The molecule has 0 aliphatic carbocycles. The van der Waals surface area contributed by atoms with Gasteiger partial charge >= 0.3 is 0 Å². The van der Waals surface area contributed by atoms with Gasteiger partial charge < -0.3 is 0 Å². The number of hydrogen-bond donors (Lipinski definition) is 0. The lowest BCUT2D eigenvalue weighted by Gasteiger charge is -2.34. The largest absolute Gasteiger partial charge is 0.269 e. The molecule has 1 amide bonds. The average Bonchev–Trinajstić information content (AvgIpc) is 2.69. The third-order valence-corrected chi connectivity index (χ3v) is 7.70. The van der Waals surface area contributed by atoms with E-state index in [4.69, 9.17) is 0 Å². The zero-order chi connectivity index (χ0) is 20.9. The highest BCUT2D eigenvalue weighted by atomic mass is 32.2. The van der Waals surface area contributed by atoms with Crippen molar-refractivity contribution in [1.82, 2.24) is 4.31 Å². The van der Waals surface area contributed by atoms with E-state index < -0.39 is 22.0 Å². The number of unbranched alkanes of at least 4 members (excludes halogenated alkanes) is 1. The molecule has 2 aromatic rings. The van der Waals surface area contributed by atoms with Crippen LogP contribution >= 0.6 is 11.8 Å². The zero-order valence-corrected chi connectivity index (χ0v) is 18.1. The maximum absolute atomic E-state index is 13.3. The van der Waals surface area contributed by atoms with Gasteiger partial charge in [0.1, 0.15) is 0 Å². The number of nitrogens with zero attached hydrogens (tertiary/aromatic N) is 1. The Morgan fingerprint density at radius 1 is 1.14 bits per heavy atom. The van der Waals surface area contributed by atoms with Gasteiger partial charge in [-0.05, 0) is 55.4 Å². The van der Waals surface area contributed by atoms with Gasteiger partial charge in [0.25, 0.3) is 15.9 Å². The first-order chi connectivity index (χ1) is 13.9. The van der Waals surface area contributed by atoms with E-state index in [0.29, 0.717) is 12.8 Å². The molecule has 0 saturated carbocycles. The summed E-state index contributed by atoms with van der Waals surface area (Å²) in [4.78, 5) is 15.0. The normalized spacial score (nSPS) is 17.1. The summed E-state index contributed by atoms with van der Waals surface area (Å²) < 4.78 is 27.6. The van der Waals surface area contributed by atoms with E-state index in [2.05, 4.69) is 6.58 Å². The van der Waals surface area contributed by atoms with Crippen molar-refractivity contribution in [3.63, 3.8) is 0 Å². The molecule has 3 rings (SSSR count). The number of carbonyl (C=O) groups excluding carboxylic acids is 1. The molecule has 1 aliphatic rings. The van der Waals surface area contributed by atoms with Gasteiger partial charge in [-0.3, -0.25) is 4.79 Å². The van der Waals surface area contributed by atoms with Crippen molar-refractivity contribution in [3.8, 4) is 0 Å². The van der Waals surface area contributed by atoms with Crippen LogP contribution < -0.4 is 0 Å². The van der Waals surface area contributed by atoms with Crippen molar-refractivity contribution in [2.45, 2.75) is 48.4 Å². The summed E-state index contributed by atoms with van der Waals surface area (Å²) in [5.41, 5.74) is 0.970. The van der Waals surface area contributed by atoms with E-state index in [-0.39, 0.29) is 4.90 Å². The first-order valence-electron chi connectivity index (χ1n) is 9.61. The van der Waals surface area contributed by atoms with Crippen molar-refractivity contribution < 1.29 is 13.2 Å². The van der Waals surface area contributed by atoms with Crippen LogP contribution in [0.15, 0.2) is 88.0 Å². The molecule has 29 heavy (non-hydrogen) atoms. The number of aryl methyl sites for hydroxylation is 1. The van der Waals surface area contributed by atoms with E-state index in [0.717, 1.165) is 32.5 Å². The monoisotopic (exact) mass is 427 g/mol. The second-order valence-electron chi connectivity index (χ2n) is 7.06. The van der Waals surface area contributed by atoms with Gasteiger partial charge in [0.2, 0.25) is 0 Å². The van der Waals surface area contributed by atoms with Crippen molar-refractivity contribution in [1.29, 1.82) is 0 Å². The van der Waals surface area contributed by atoms with E-state index in [1.165, 1.54) is 17.8 Å². The SMILES string of the molecule is C=CCCCC1CC(Sc2ccccc2)=CC(=O)N1S(=O)(=O)c1ccc(C)cc1. The summed E-state index contributed by atoms with van der Waals surface area (Å²) >= 11 is 1.52. The molecule has 0 bridgehead atoms. The zero-order valence-electron chi connectivity index (χ0n) is 16.5. The second kappa shape index (κ2) is 9.46. The van der Waals surface area contributed by atoms with Crippen molar-refractivity contribution in [2.24, 2.45) is 0 Å². The van der Waals surface area contributed by atoms with Gasteiger partial charge in [0, 0.05) is 17.4 Å². The predicted octanol–water partition coefficient (Wildman–Crippen LogP) is 5.32. The third kappa shape index (κ3) is 5.19. The Kier molecular flexibility index (Phi) is 6.98. The fourth-order valence-electron chi connectivity index (χ4n) is 3.32. The molecular weight excluding hydrogens is 402 g/mol. The van der Waals surface area contributed by atoms with Crippen molar-refractivity contribution in [2.75, 3.05) is 0 Å². The highest BCUT2D eigenvalue weighted by Gasteiger charge is 2.38. The number of carbonyl (C=O) groups is 1. The van der Waals surface area contributed by atoms with Gasteiger partial charge in [-0.15, -0.1) is 6.58 Å². The summed E-state index contributed by atoms with van der Waals surface area (Å²) in [6.07, 6.45) is 5.98. The smallest absolute Gasteiger partial charge is 0.267 e. The molecule has 0 fully saturated rings. The third-order valence-electron chi connectivity index (χ3n) is 4.79. The molecule has 2 aromatic carbocycles. The average molecular weight is 428 g/mol. The van der Waals surface area contributed by atoms with E-state index in [1.807, 2.05) is 43.3 Å². The van der Waals surface area contributed by atoms with Crippen molar-refractivity contribution in [3.05, 3.63) is 83.8 Å². The Labute approximate surface area is 177 Å². The Morgan fingerprint density at radius 3 is 2.48 bits per heavy atom. The summed E-state index contributed by atoms with van der Waals surface area (Å²) in [7, 11) is -3.91. The minimum absolute atomic E-state index is 0.151. The molecule has 152 valence electrons. The fourth-order valence-corrected chi connectivity index (χ4v) is 5.92. The van der Waals surface area contributed by atoms with Crippen LogP contribution in [0.5, 0.6) is 0 Å². The Balaban J connectivity index is 1.91. The second-order valence-corrected chi connectivity index (χ2v) is 10.1. The van der Waals surface area contributed by atoms with Crippen LogP contribution in [-0.2, 0) is 14.8 Å². The number of thioether (sulfide) groups is 1. The molecule has 0 aromatic heterocycles. The van der Waals surface area contributed by atoms with Crippen LogP contribution in [-0.4, -0.2) is 24.7 Å². The molecule has 0 spiro atoms. The van der Waals surface area contributed by atoms with Gasteiger partial charge in [-0.2, -0.15) is 0 Å². The maximum atomic E-state index is 13.3.